The molecule has 2 N–H and O–H groups in total. The Hall–Kier alpha value is -1.38. The molecule has 1 saturated carbocycles. The Labute approximate surface area is 148 Å². The van der Waals surface area contributed by atoms with Gasteiger partial charge in [-0.15, -0.1) is 12.4 Å². The van der Waals surface area contributed by atoms with Gasteiger partial charge in [0.25, 0.3) is 5.91 Å². The molecule has 2 heterocycles. The number of amides is 1. The third-order valence-corrected chi connectivity index (χ3v) is 4.34. The molecule has 126 valence electrons. The predicted molar refractivity (Wildman–Crippen MR) is 88.1 cm³/mol. The Morgan fingerprint density at radius 1 is 1.43 bits per heavy atom. The zero-order chi connectivity index (χ0) is 15.7. The first-order chi connectivity index (χ1) is 10.5. The number of carbonyl (C=O) groups is 1. The van der Waals surface area contributed by atoms with Crippen LogP contribution >= 0.6 is 28.3 Å². The molecule has 0 spiro atoms. The first-order valence-electron chi connectivity index (χ1n) is 7.11. The van der Waals surface area contributed by atoms with Crippen LogP contribution in [0.2, 0.25) is 0 Å². The van der Waals surface area contributed by atoms with Gasteiger partial charge in [-0.3, -0.25) is 4.79 Å². The van der Waals surface area contributed by atoms with Crippen LogP contribution in [0.1, 0.15) is 48.0 Å². The molecule has 0 radical (unpaired) electrons. The average Bonchev–Trinajstić information content (AvgIpc) is 3.20. The number of nitrogens with zero attached hydrogens (tertiary/aromatic N) is 3. The van der Waals surface area contributed by atoms with Gasteiger partial charge in [-0.25, -0.2) is 0 Å². The SMILES string of the molecule is CN(Cc1nc(C2(N)CCCC2)no1)C(=O)c1ccc(Br)o1.Cl. The summed E-state index contributed by atoms with van der Waals surface area (Å²) in [6.07, 6.45) is 3.88. The summed E-state index contributed by atoms with van der Waals surface area (Å²) in [6.45, 7) is 0.209. The Kier molecular flexibility index (Phi) is 5.49. The van der Waals surface area contributed by atoms with Crippen molar-refractivity contribution in [2.24, 2.45) is 5.73 Å². The number of hydrogen-bond acceptors (Lipinski definition) is 6. The van der Waals surface area contributed by atoms with Crippen molar-refractivity contribution in [1.29, 1.82) is 0 Å². The predicted octanol–water partition coefficient (Wildman–Crippen LogP) is 2.85. The molecular weight excluding hydrogens is 388 g/mol. The molecule has 23 heavy (non-hydrogen) atoms. The first-order valence-corrected chi connectivity index (χ1v) is 7.90. The summed E-state index contributed by atoms with van der Waals surface area (Å²) in [5.74, 6) is 0.892. The van der Waals surface area contributed by atoms with Gasteiger partial charge in [-0.05, 0) is 40.9 Å². The standard InChI is InChI=1S/C14H17BrN4O3.ClH/c1-19(12(20)9-4-5-10(15)21-9)8-11-17-13(18-22-11)14(16)6-2-3-7-14;/h4-5H,2-3,6-8,16H2,1H3;1H. The fraction of sp³-hybridized carbons (Fsp3) is 0.500. The number of nitrogens with two attached hydrogens (primary N) is 1. The van der Waals surface area contributed by atoms with Crippen LogP contribution in [0.25, 0.3) is 0 Å². The van der Waals surface area contributed by atoms with Gasteiger partial charge in [-0.2, -0.15) is 4.98 Å². The summed E-state index contributed by atoms with van der Waals surface area (Å²) in [5.41, 5.74) is 5.80. The van der Waals surface area contributed by atoms with Crippen LogP contribution in [0.15, 0.2) is 25.7 Å². The highest BCUT2D eigenvalue weighted by atomic mass is 79.9. The molecule has 2 aromatic rings. The number of carbonyl (C=O) groups excluding carboxylic acids is 1. The Balaban J connectivity index is 0.00000192. The lowest BCUT2D eigenvalue weighted by atomic mass is 9.99. The van der Waals surface area contributed by atoms with Crippen LogP contribution in [-0.4, -0.2) is 28.0 Å². The van der Waals surface area contributed by atoms with Crippen molar-refractivity contribution in [2.45, 2.75) is 37.8 Å². The molecule has 0 atom stereocenters. The van der Waals surface area contributed by atoms with Crippen LogP contribution in [0.3, 0.4) is 0 Å². The number of aromatic nitrogens is 2. The molecule has 1 aliphatic carbocycles. The first kappa shape index (κ1) is 18.0. The van der Waals surface area contributed by atoms with E-state index in [0.717, 1.165) is 25.7 Å². The Morgan fingerprint density at radius 3 is 2.74 bits per heavy atom. The van der Waals surface area contributed by atoms with E-state index in [-0.39, 0.29) is 30.6 Å². The minimum Gasteiger partial charge on any atom is -0.444 e. The number of halogens is 2. The molecule has 1 fully saturated rings. The highest BCUT2D eigenvalue weighted by molar-refractivity contribution is 9.10. The maximum absolute atomic E-state index is 12.2. The average molecular weight is 406 g/mol. The second kappa shape index (κ2) is 7.02. The second-order valence-corrected chi connectivity index (χ2v) is 6.42. The molecule has 1 aliphatic rings. The summed E-state index contributed by atoms with van der Waals surface area (Å²) in [7, 11) is 1.65. The van der Waals surface area contributed by atoms with Crippen molar-refractivity contribution >= 4 is 34.2 Å². The summed E-state index contributed by atoms with van der Waals surface area (Å²) >= 11 is 3.17. The molecular formula is C14H18BrClN4O3. The molecule has 0 unspecified atom stereocenters. The van der Waals surface area contributed by atoms with Crippen molar-refractivity contribution in [2.75, 3.05) is 7.05 Å². The van der Waals surface area contributed by atoms with Gasteiger partial charge in [0.05, 0.1) is 5.54 Å². The van der Waals surface area contributed by atoms with Crippen molar-refractivity contribution in [3.8, 4) is 0 Å². The monoisotopic (exact) mass is 404 g/mol. The van der Waals surface area contributed by atoms with Crippen LogP contribution in [0, 0.1) is 0 Å². The van der Waals surface area contributed by atoms with E-state index in [4.69, 9.17) is 14.7 Å². The van der Waals surface area contributed by atoms with Crippen LogP contribution in [-0.2, 0) is 12.1 Å². The smallest absolute Gasteiger partial charge is 0.289 e. The van der Waals surface area contributed by atoms with Gasteiger partial charge >= 0.3 is 0 Å². The lowest BCUT2D eigenvalue weighted by molar-refractivity contribution is 0.0736. The summed E-state index contributed by atoms with van der Waals surface area (Å²) in [5, 5.41) is 3.98. The molecule has 7 nitrogen and oxygen atoms in total. The lowest BCUT2D eigenvalue weighted by Crippen LogP contribution is -2.34. The van der Waals surface area contributed by atoms with Gasteiger partial charge in [-0.1, -0.05) is 18.0 Å². The normalized spacial score (nSPS) is 16.1. The number of rotatable bonds is 4. The second-order valence-electron chi connectivity index (χ2n) is 5.64. The molecule has 0 bridgehead atoms. The lowest BCUT2D eigenvalue weighted by Gasteiger charge is -2.17. The van der Waals surface area contributed by atoms with E-state index in [1.54, 1.807) is 19.2 Å². The Morgan fingerprint density at radius 2 is 2.13 bits per heavy atom. The van der Waals surface area contributed by atoms with Crippen LogP contribution < -0.4 is 5.73 Å². The molecule has 9 heteroatoms. The molecule has 1 amide bonds. The van der Waals surface area contributed by atoms with Crippen molar-refractivity contribution < 1.29 is 13.7 Å². The largest absolute Gasteiger partial charge is 0.444 e. The minimum atomic E-state index is -0.490. The minimum absolute atomic E-state index is 0. The van der Waals surface area contributed by atoms with E-state index >= 15 is 0 Å². The van der Waals surface area contributed by atoms with Crippen molar-refractivity contribution in [1.82, 2.24) is 15.0 Å². The number of hydrogen-bond donors (Lipinski definition) is 1. The third kappa shape index (κ3) is 3.76. The molecule has 3 rings (SSSR count). The van der Waals surface area contributed by atoms with E-state index in [1.807, 2.05) is 0 Å². The summed E-state index contributed by atoms with van der Waals surface area (Å²) in [4.78, 5) is 18.0. The zero-order valence-electron chi connectivity index (χ0n) is 12.6. The van der Waals surface area contributed by atoms with E-state index in [0.29, 0.717) is 16.4 Å². The van der Waals surface area contributed by atoms with Gasteiger partial charge < -0.3 is 19.6 Å². The zero-order valence-corrected chi connectivity index (χ0v) is 15.0. The number of furan rings is 1. The molecule has 2 aromatic heterocycles. The highest BCUT2D eigenvalue weighted by Gasteiger charge is 2.36. The fourth-order valence-electron chi connectivity index (χ4n) is 2.64. The highest BCUT2D eigenvalue weighted by Crippen LogP contribution is 2.34. The van der Waals surface area contributed by atoms with Gasteiger partial charge in [0, 0.05) is 7.05 Å². The third-order valence-electron chi connectivity index (χ3n) is 3.91. The maximum atomic E-state index is 12.2. The topological polar surface area (TPSA) is 98.4 Å². The van der Waals surface area contributed by atoms with Gasteiger partial charge in [0.15, 0.2) is 16.3 Å². The quantitative estimate of drug-likeness (QED) is 0.840. The molecule has 0 aromatic carbocycles. The Bertz CT molecular complexity index is 681. The molecule has 0 aliphatic heterocycles. The van der Waals surface area contributed by atoms with E-state index < -0.39 is 5.54 Å². The van der Waals surface area contributed by atoms with E-state index in [9.17, 15) is 4.79 Å². The van der Waals surface area contributed by atoms with Gasteiger partial charge in [0.1, 0.15) is 6.54 Å². The van der Waals surface area contributed by atoms with Crippen LogP contribution in [0.5, 0.6) is 0 Å². The fourth-order valence-corrected chi connectivity index (χ4v) is 2.95. The molecule has 0 saturated heterocycles. The van der Waals surface area contributed by atoms with Crippen LogP contribution in [0.4, 0.5) is 0 Å². The summed E-state index contributed by atoms with van der Waals surface area (Å²) < 4.78 is 11.0. The van der Waals surface area contributed by atoms with E-state index in [1.165, 1.54) is 4.90 Å². The summed E-state index contributed by atoms with van der Waals surface area (Å²) in [6, 6.07) is 3.28. The van der Waals surface area contributed by atoms with Gasteiger partial charge in [0.2, 0.25) is 5.89 Å². The van der Waals surface area contributed by atoms with Crippen molar-refractivity contribution in [3.63, 3.8) is 0 Å². The van der Waals surface area contributed by atoms with E-state index in [2.05, 4.69) is 26.1 Å². The maximum Gasteiger partial charge on any atom is 0.289 e. The van der Waals surface area contributed by atoms with Crippen molar-refractivity contribution in [3.05, 3.63) is 34.3 Å².